The molecule has 0 nitrogen and oxygen atoms in total. The third-order valence-electron chi connectivity index (χ3n) is 5.71. The summed E-state index contributed by atoms with van der Waals surface area (Å²) in [6, 6.07) is 49.5. The van der Waals surface area contributed by atoms with E-state index < -0.39 is 0 Å². The summed E-state index contributed by atoms with van der Waals surface area (Å²) in [5.41, 5.74) is 2.55. The smallest absolute Gasteiger partial charge is 0.0184 e. The molecule has 0 heteroatoms. The summed E-state index contributed by atoms with van der Waals surface area (Å²) >= 11 is 0. The van der Waals surface area contributed by atoms with Crippen molar-refractivity contribution in [2.24, 2.45) is 0 Å². The molecule has 1 fully saturated rings. The SMILES string of the molecule is C1CCCCC1.CC.CC.CC.CC.CC.CC.CC.CC.c1ccc(-c2ccccc2)cc1.c1ccc2ccccc2c1.c1ccccc1. The van der Waals surface area contributed by atoms with Crippen molar-refractivity contribution >= 4 is 10.8 Å². The maximum atomic E-state index is 2.12. The van der Waals surface area contributed by atoms with E-state index in [-0.39, 0.29) is 0 Å². The van der Waals surface area contributed by atoms with Crippen molar-refractivity contribution in [2.45, 2.75) is 149 Å². The molecule has 0 aromatic heterocycles. The van der Waals surface area contributed by atoms with Gasteiger partial charge in [0.15, 0.2) is 0 Å². The highest BCUT2D eigenvalue weighted by atomic mass is 14.0. The van der Waals surface area contributed by atoms with Crippen LogP contribution in [0.25, 0.3) is 21.9 Å². The van der Waals surface area contributed by atoms with Gasteiger partial charge in [-0.25, -0.2) is 0 Å². The van der Waals surface area contributed by atoms with Gasteiger partial charge in [0.2, 0.25) is 0 Å². The minimum atomic E-state index is 1.28. The summed E-state index contributed by atoms with van der Waals surface area (Å²) in [5.74, 6) is 0. The average Bonchev–Trinajstić information content (AvgIpc) is 3.29. The minimum Gasteiger partial charge on any atom is -0.0683 e. The van der Waals surface area contributed by atoms with Crippen LogP contribution in [-0.4, -0.2) is 0 Å². The van der Waals surface area contributed by atoms with E-state index in [1.165, 1.54) is 60.4 Å². The second-order valence-electron chi connectivity index (χ2n) is 8.36. The van der Waals surface area contributed by atoms with Gasteiger partial charge in [0.1, 0.15) is 0 Å². The van der Waals surface area contributed by atoms with Gasteiger partial charge in [-0.3, -0.25) is 0 Å². The largest absolute Gasteiger partial charge is 0.0683 e. The van der Waals surface area contributed by atoms with Gasteiger partial charge in [-0.2, -0.15) is 0 Å². The molecule has 0 amide bonds. The fraction of sp³-hybridized carbons (Fsp3) is 0.440. The first kappa shape index (κ1) is 58.6. The van der Waals surface area contributed by atoms with Crippen LogP contribution in [0.15, 0.2) is 146 Å². The molecule has 0 spiro atoms. The van der Waals surface area contributed by atoms with Crippen molar-refractivity contribution in [1.29, 1.82) is 0 Å². The van der Waals surface area contributed by atoms with Crippen LogP contribution in [-0.2, 0) is 0 Å². The van der Waals surface area contributed by atoms with Crippen LogP contribution < -0.4 is 0 Å². The molecule has 1 aliphatic carbocycles. The Morgan fingerprint density at radius 2 is 0.340 bits per heavy atom. The topological polar surface area (TPSA) is 0 Å². The third-order valence-corrected chi connectivity index (χ3v) is 5.71. The summed E-state index contributed by atoms with van der Waals surface area (Å²) in [5, 5.41) is 2.62. The van der Waals surface area contributed by atoms with Crippen LogP contribution in [0.4, 0.5) is 0 Å². The second-order valence-corrected chi connectivity index (χ2v) is 8.36. The van der Waals surface area contributed by atoms with Crippen molar-refractivity contribution in [2.75, 3.05) is 0 Å². The van der Waals surface area contributed by atoms with E-state index in [0.29, 0.717) is 0 Å². The Balaban J connectivity index is -0.000000116. The molecule has 6 rings (SSSR count). The molecule has 0 N–H and O–H groups in total. The summed E-state index contributed by atoms with van der Waals surface area (Å²) < 4.78 is 0. The Morgan fingerprint density at radius 3 is 0.520 bits per heavy atom. The molecule has 0 radical (unpaired) electrons. The van der Waals surface area contributed by atoms with Crippen LogP contribution >= 0.6 is 0 Å². The molecule has 0 aliphatic heterocycles. The van der Waals surface area contributed by atoms with Gasteiger partial charge in [0.25, 0.3) is 0 Å². The molecule has 1 aliphatic rings. The van der Waals surface area contributed by atoms with Gasteiger partial charge in [-0.1, -0.05) is 295 Å². The molecule has 5 aromatic rings. The second kappa shape index (κ2) is 60.7. The molecule has 0 bridgehead atoms. The number of hydrogen-bond acceptors (Lipinski definition) is 0. The normalized spacial score (nSPS) is 9.12. The number of benzene rings is 5. The molecule has 0 atom stereocenters. The first-order valence-electron chi connectivity index (χ1n) is 20.5. The van der Waals surface area contributed by atoms with Crippen molar-refractivity contribution in [3.05, 3.63) is 146 Å². The van der Waals surface area contributed by atoms with Gasteiger partial charge in [0, 0.05) is 0 Å². The van der Waals surface area contributed by atoms with Crippen LogP contribution in [0.1, 0.15) is 149 Å². The summed E-state index contributed by atoms with van der Waals surface area (Å²) in [4.78, 5) is 0. The fourth-order valence-electron chi connectivity index (χ4n) is 3.84. The minimum absolute atomic E-state index is 1.28. The van der Waals surface area contributed by atoms with E-state index in [1.54, 1.807) is 0 Å². The zero-order chi connectivity index (χ0) is 39.5. The van der Waals surface area contributed by atoms with E-state index >= 15 is 0 Å². The van der Waals surface area contributed by atoms with Crippen LogP contribution in [0.2, 0.25) is 0 Å². The lowest BCUT2D eigenvalue weighted by Gasteiger charge is -2.05. The Hall–Kier alpha value is -3.64. The van der Waals surface area contributed by atoms with E-state index in [4.69, 9.17) is 0 Å². The van der Waals surface area contributed by atoms with Crippen LogP contribution in [0.5, 0.6) is 0 Å². The molecule has 284 valence electrons. The van der Waals surface area contributed by atoms with Crippen LogP contribution in [0, 0.1) is 0 Å². The lowest BCUT2D eigenvalue weighted by molar-refractivity contribution is 0.504. The highest BCUT2D eigenvalue weighted by Crippen LogP contribution is 2.17. The Labute approximate surface area is 315 Å². The molecule has 0 heterocycles. The third kappa shape index (κ3) is 38.8. The molecular weight excluding hydrogens is 601 g/mol. The maximum absolute atomic E-state index is 2.12. The number of fused-ring (bicyclic) bond motifs is 1. The molecule has 50 heavy (non-hydrogen) atoms. The van der Waals surface area contributed by atoms with Gasteiger partial charge in [0.05, 0.1) is 0 Å². The molecule has 5 aromatic carbocycles. The number of hydrogen-bond donors (Lipinski definition) is 0. The summed E-state index contributed by atoms with van der Waals surface area (Å²) in [7, 11) is 0. The highest BCUT2D eigenvalue weighted by molar-refractivity contribution is 5.82. The molecule has 0 unspecified atom stereocenters. The summed E-state index contributed by atoms with van der Waals surface area (Å²) in [6.45, 7) is 32.0. The maximum Gasteiger partial charge on any atom is -0.0184 e. The monoisotopic (exact) mass is 685 g/mol. The van der Waals surface area contributed by atoms with E-state index in [1.807, 2.05) is 159 Å². The van der Waals surface area contributed by atoms with E-state index in [0.717, 1.165) is 0 Å². The molecular formula is C50H84. The number of rotatable bonds is 1. The van der Waals surface area contributed by atoms with E-state index in [9.17, 15) is 0 Å². The van der Waals surface area contributed by atoms with Crippen molar-refractivity contribution < 1.29 is 0 Å². The van der Waals surface area contributed by atoms with E-state index in [2.05, 4.69) is 97.1 Å². The standard InChI is InChI=1S/C12H10.C10H8.C6H12.C6H6.8C2H6/c1-3-7-11(8-4-1)12-9-5-2-6-10-12;1-2-6-10-8-4-3-7-9(10)5-1;2*1-2-4-6-5-3-1;8*1-2/h1-10H;1-8H;1-6H2;1-6H;8*1-2H3. The quantitative estimate of drug-likeness (QED) is 0.165. The molecule has 1 saturated carbocycles. The van der Waals surface area contributed by atoms with Gasteiger partial charge >= 0.3 is 0 Å². The van der Waals surface area contributed by atoms with Gasteiger partial charge in [-0.05, 0) is 21.9 Å². The Bertz CT molecular complexity index is 986. The van der Waals surface area contributed by atoms with Crippen molar-refractivity contribution in [1.82, 2.24) is 0 Å². The predicted octanol–water partition coefficient (Wildman–Crippen LogP) is 18.4. The van der Waals surface area contributed by atoms with Crippen molar-refractivity contribution in [3.63, 3.8) is 0 Å². The lowest BCUT2D eigenvalue weighted by atomic mass is 10.0. The first-order chi connectivity index (χ1) is 24.9. The Morgan fingerprint density at radius 1 is 0.200 bits per heavy atom. The van der Waals surface area contributed by atoms with Crippen LogP contribution in [0.3, 0.4) is 0 Å². The predicted molar refractivity (Wildman–Crippen MR) is 241 cm³/mol. The van der Waals surface area contributed by atoms with Gasteiger partial charge < -0.3 is 0 Å². The lowest BCUT2D eigenvalue weighted by Crippen LogP contribution is -1.85. The Kier molecular flexibility index (Phi) is 71.0. The first-order valence-corrected chi connectivity index (χ1v) is 20.5. The molecule has 0 saturated heterocycles. The zero-order valence-electron chi connectivity index (χ0n) is 36.1. The highest BCUT2D eigenvalue weighted by Gasteiger charge is 1.95. The van der Waals surface area contributed by atoms with Crippen molar-refractivity contribution in [3.8, 4) is 11.1 Å². The summed E-state index contributed by atoms with van der Waals surface area (Å²) in [6.07, 6.45) is 9.00. The zero-order valence-corrected chi connectivity index (χ0v) is 36.1. The van der Waals surface area contributed by atoms with Gasteiger partial charge in [-0.15, -0.1) is 0 Å². The average molecular weight is 685 g/mol. The fourth-order valence-corrected chi connectivity index (χ4v) is 3.84.